The van der Waals surface area contributed by atoms with Gasteiger partial charge in [0.15, 0.2) is 0 Å². The number of hydrogen-bond donors (Lipinski definition) is 0. The Hall–Kier alpha value is -0.630. The fraction of sp³-hybridized carbons (Fsp3) is 0.385. The Balaban J connectivity index is 2.53. The second kappa shape index (κ2) is 4.44. The van der Waals surface area contributed by atoms with Crippen LogP contribution in [0.15, 0.2) is 36.9 Å². The molecule has 1 aromatic rings. The van der Waals surface area contributed by atoms with Crippen molar-refractivity contribution in [2.24, 2.45) is 0 Å². The maximum absolute atomic E-state index is 14.1. The van der Waals surface area contributed by atoms with Crippen molar-refractivity contribution in [3.63, 3.8) is 0 Å². The molecular formula is C13H13F4IO. The van der Waals surface area contributed by atoms with Crippen LogP contribution in [0.5, 0.6) is 0 Å². The number of rotatable bonds is 3. The Labute approximate surface area is 116 Å². The summed E-state index contributed by atoms with van der Waals surface area (Å²) in [6.07, 6.45) is 0.00176. The van der Waals surface area contributed by atoms with Gasteiger partial charge in [-0.2, -0.15) is 0 Å². The van der Waals surface area contributed by atoms with Crippen molar-refractivity contribution in [2.45, 2.75) is 29.3 Å². The van der Waals surface area contributed by atoms with Crippen LogP contribution in [0.2, 0.25) is 0 Å². The molecule has 0 aromatic heterocycles. The molecule has 1 nitrogen and oxygen atoms in total. The maximum atomic E-state index is 14.1. The number of allylic oxidation sites excluding steroid dienone is 1. The summed E-state index contributed by atoms with van der Waals surface area (Å²) in [5.41, 5.74) is -0.387. The predicted molar refractivity (Wildman–Crippen MR) is 73.4 cm³/mol. The zero-order valence-corrected chi connectivity index (χ0v) is 12.5. The molecule has 0 unspecified atom stereocenters. The van der Waals surface area contributed by atoms with Crippen molar-refractivity contribution in [1.29, 1.82) is 0 Å². The third-order valence-corrected chi connectivity index (χ3v) is 8.31. The fourth-order valence-electron chi connectivity index (χ4n) is 1.78. The van der Waals surface area contributed by atoms with Crippen LogP contribution >= 0.6 is 20.2 Å². The van der Waals surface area contributed by atoms with E-state index in [0.717, 1.165) is 0 Å². The van der Waals surface area contributed by atoms with Crippen LogP contribution in [0.1, 0.15) is 19.4 Å². The summed E-state index contributed by atoms with van der Waals surface area (Å²) in [5.74, 6) is -4.26. The standard InChI is InChI=1S/C13H13F4IO/c1-4-12(14,15)13(16,17)18-10-8-6-5-7-9(10)11(2,3)19-18/h4-8H,1H2,2-3H3. The normalized spacial score (nSPS) is 20.2. The summed E-state index contributed by atoms with van der Waals surface area (Å²) in [7, 11) is 0. The van der Waals surface area contributed by atoms with E-state index in [2.05, 4.69) is 6.58 Å². The zero-order valence-electron chi connectivity index (χ0n) is 10.4. The van der Waals surface area contributed by atoms with Gasteiger partial charge in [-0.25, -0.2) is 0 Å². The van der Waals surface area contributed by atoms with Crippen molar-refractivity contribution in [3.8, 4) is 0 Å². The molecule has 0 saturated carbocycles. The molecule has 0 bridgehead atoms. The minimum atomic E-state index is -4.26. The Kier molecular flexibility index (Phi) is 3.45. The van der Waals surface area contributed by atoms with E-state index >= 15 is 0 Å². The Morgan fingerprint density at radius 3 is 2.37 bits per heavy atom. The quantitative estimate of drug-likeness (QED) is 0.308. The van der Waals surface area contributed by atoms with E-state index < -0.39 is 35.7 Å². The molecule has 0 spiro atoms. The first-order chi connectivity index (χ1) is 8.63. The fourth-order valence-corrected chi connectivity index (χ4v) is 7.13. The van der Waals surface area contributed by atoms with E-state index in [-0.39, 0.29) is 9.65 Å². The van der Waals surface area contributed by atoms with Gasteiger partial charge in [0.1, 0.15) is 0 Å². The van der Waals surface area contributed by atoms with Gasteiger partial charge in [0, 0.05) is 0 Å². The molecule has 1 heterocycles. The first-order valence-corrected chi connectivity index (χ1v) is 8.55. The molecule has 2 rings (SSSR count). The van der Waals surface area contributed by atoms with Gasteiger partial charge in [0.2, 0.25) is 0 Å². The second-order valence-electron chi connectivity index (χ2n) is 4.64. The molecule has 0 aliphatic carbocycles. The van der Waals surface area contributed by atoms with Crippen LogP contribution in [0.3, 0.4) is 0 Å². The molecule has 6 heteroatoms. The van der Waals surface area contributed by atoms with Crippen LogP contribution in [0.4, 0.5) is 17.6 Å². The number of hydrogen-bond acceptors (Lipinski definition) is 1. The van der Waals surface area contributed by atoms with E-state index in [1.54, 1.807) is 32.0 Å². The summed E-state index contributed by atoms with van der Waals surface area (Å²) >= 11 is -3.82. The Morgan fingerprint density at radius 2 is 1.79 bits per heavy atom. The average molecular weight is 388 g/mol. The molecule has 1 aromatic carbocycles. The monoisotopic (exact) mass is 388 g/mol. The molecule has 106 valence electrons. The average Bonchev–Trinajstić information content (AvgIpc) is 2.62. The van der Waals surface area contributed by atoms with Crippen molar-refractivity contribution >= 4 is 20.2 Å². The molecule has 0 radical (unpaired) electrons. The summed E-state index contributed by atoms with van der Waals surface area (Å²) in [5, 5.41) is 0. The van der Waals surface area contributed by atoms with Gasteiger partial charge in [-0.15, -0.1) is 0 Å². The van der Waals surface area contributed by atoms with Gasteiger partial charge in [-0.05, 0) is 0 Å². The van der Waals surface area contributed by atoms with Gasteiger partial charge >= 0.3 is 116 Å². The van der Waals surface area contributed by atoms with E-state index in [1.807, 2.05) is 0 Å². The molecule has 0 amide bonds. The van der Waals surface area contributed by atoms with Crippen molar-refractivity contribution in [1.82, 2.24) is 0 Å². The van der Waals surface area contributed by atoms with Crippen molar-refractivity contribution < 1.29 is 20.6 Å². The molecule has 1 aliphatic rings. The predicted octanol–water partition coefficient (Wildman–Crippen LogP) is 4.96. The number of halogens is 5. The molecule has 0 fully saturated rings. The summed E-state index contributed by atoms with van der Waals surface area (Å²) in [6.45, 7) is 6.03. The number of fused-ring (bicyclic) bond motifs is 1. The molecule has 0 atom stereocenters. The third-order valence-electron chi connectivity index (χ3n) is 2.83. The number of alkyl halides is 5. The van der Waals surface area contributed by atoms with Gasteiger partial charge in [0.25, 0.3) is 0 Å². The van der Waals surface area contributed by atoms with E-state index in [1.165, 1.54) is 6.07 Å². The van der Waals surface area contributed by atoms with Gasteiger partial charge in [-0.1, -0.05) is 0 Å². The van der Waals surface area contributed by atoms with Crippen LogP contribution in [0.25, 0.3) is 0 Å². The van der Waals surface area contributed by atoms with Gasteiger partial charge in [-0.3, -0.25) is 0 Å². The summed E-state index contributed by atoms with van der Waals surface area (Å²) in [6, 6.07) is 6.36. The van der Waals surface area contributed by atoms with E-state index in [0.29, 0.717) is 5.56 Å². The summed E-state index contributed by atoms with van der Waals surface area (Å²) in [4.78, 5) is 0. The molecule has 0 saturated heterocycles. The van der Waals surface area contributed by atoms with Crippen molar-refractivity contribution in [3.05, 3.63) is 46.1 Å². The minimum absolute atomic E-state index is 0.00176. The molecule has 19 heavy (non-hydrogen) atoms. The molecule has 1 aliphatic heterocycles. The number of benzene rings is 1. The first-order valence-electron chi connectivity index (χ1n) is 5.52. The van der Waals surface area contributed by atoms with Crippen LogP contribution in [-0.2, 0) is 8.67 Å². The third kappa shape index (κ3) is 2.18. The SMILES string of the molecule is C=CC(F)(F)C(F)(F)I1OC(C)(C)c2ccccc21. The second-order valence-corrected chi connectivity index (χ2v) is 9.02. The molecule has 0 N–H and O–H groups in total. The summed E-state index contributed by atoms with van der Waals surface area (Å²) < 4.78 is 56.4. The van der Waals surface area contributed by atoms with Gasteiger partial charge in [0.05, 0.1) is 0 Å². The van der Waals surface area contributed by atoms with Gasteiger partial charge < -0.3 is 0 Å². The van der Waals surface area contributed by atoms with Crippen LogP contribution in [0, 0.1) is 3.57 Å². The van der Waals surface area contributed by atoms with Crippen LogP contribution in [-0.4, -0.2) is 9.85 Å². The van der Waals surface area contributed by atoms with E-state index in [9.17, 15) is 17.6 Å². The Morgan fingerprint density at radius 1 is 1.21 bits per heavy atom. The Bertz CT molecular complexity index is 513. The van der Waals surface area contributed by atoms with E-state index in [4.69, 9.17) is 3.07 Å². The first kappa shape index (κ1) is 14.8. The van der Waals surface area contributed by atoms with Crippen molar-refractivity contribution in [2.75, 3.05) is 0 Å². The van der Waals surface area contributed by atoms with Crippen LogP contribution < -0.4 is 0 Å². The zero-order chi connectivity index (χ0) is 14.5. The topological polar surface area (TPSA) is 9.23 Å². The molecular weight excluding hydrogens is 375 g/mol.